The third-order valence-corrected chi connectivity index (χ3v) is 2.35. The van der Waals surface area contributed by atoms with Crippen molar-refractivity contribution in [1.29, 1.82) is 0 Å². The SMILES string of the molecule is CCCCOCCNc1cc(C(F)(F)F)nc(Cl)n1. The fraction of sp³-hybridized carbons (Fsp3) is 0.636. The molecule has 0 aromatic carbocycles. The van der Waals surface area contributed by atoms with E-state index in [-0.39, 0.29) is 5.82 Å². The molecule has 0 atom stereocenters. The van der Waals surface area contributed by atoms with E-state index in [1.807, 2.05) is 6.92 Å². The van der Waals surface area contributed by atoms with Crippen molar-refractivity contribution in [2.75, 3.05) is 25.1 Å². The molecule has 0 bridgehead atoms. The summed E-state index contributed by atoms with van der Waals surface area (Å²) in [5.74, 6) is 0.0337. The molecule has 1 heterocycles. The van der Waals surface area contributed by atoms with Gasteiger partial charge in [-0.3, -0.25) is 0 Å². The Hall–Kier alpha value is -1.08. The van der Waals surface area contributed by atoms with Gasteiger partial charge in [0.1, 0.15) is 5.82 Å². The molecule has 19 heavy (non-hydrogen) atoms. The van der Waals surface area contributed by atoms with Gasteiger partial charge in [0.2, 0.25) is 5.28 Å². The molecule has 0 fully saturated rings. The molecule has 0 unspecified atom stereocenters. The number of nitrogens with one attached hydrogen (secondary N) is 1. The molecule has 0 saturated carbocycles. The largest absolute Gasteiger partial charge is 0.433 e. The monoisotopic (exact) mass is 297 g/mol. The number of alkyl halides is 3. The molecule has 1 rings (SSSR count). The number of aromatic nitrogens is 2. The maximum absolute atomic E-state index is 12.5. The fourth-order valence-corrected chi connectivity index (χ4v) is 1.44. The first kappa shape index (κ1) is 16.0. The topological polar surface area (TPSA) is 47.0 Å². The van der Waals surface area contributed by atoms with Crippen molar-refractivity contribution in [3.05, 3.63) is 17.0 Å². The summed E-state index contributed by atoms with van der Waals surface area (Å²) in [5.41, 5.74) is -1.07. The van der Waals surface area contributed by atoms with E-state index in [0.29, 0.717) is 19.8 Å². The Morgan fingerprint density at radius 2 is 2.05 bits per heavy atom. The van der Waals surface area contributed by atoms with E-state index in [2.05, 4.69) is 15.3 Å². The van der Waals surface area contributed by atoms with E-state index in [4.69, 9.17) is 16.3 Å². The highest BCUT2D eigenvalue weighted by Crippen LogP contribution is 2.29. The van der Waals surface area contributed by atoms with E-state index in [0.717, 1.165) is 18.9 Å². The van der Waals surface area contributed by atoms with Gasteiger partial charge in [0.15, 0.2) is 5.69 Å². The van der Waals surface area contributed by atoms with Crippen molar-refractivity contribution >= 4 is 17.4 Å². The molecule has 0 spiro atoms. The molecule has 0 aliphatic carbocycles. The summed E-state index contributed by atoms with van der Waals surface area (Å²) in [5, 5.41) is 2.27. The summed E-state index contributed by atoms with van der Waals surface area (Å²) in [6.45, 7) is 3.43. The van der Waals surface area contributed by atoms with E-state index < -0.39 is 17.2 Å². The van der Waals surface area contributed by atoms with Gasteiger partial charge in [-0.2, -0.15) is 13.2 Å². The van der Waals surface area contributed by atoms with E-state index in [1.54, 1.807) is 0 Å². The smallest absolute Gasteiger partial charge is 0.380 e. The van der Waals surface area contributed by atoms with Crippen molar-refractivity contribution in [2.24, 2.45) is 0 Å². The number of unbranched alkanes of at least 4 members (excludes halogenated alkanes) is 1. The van der Waals surface area contributed by atoms with Gasteiger partial charge in [-0.05, 0) is 18.0 Å². The number of halogens is 4. The molecule has 0 amide bonds. The first-order chi connectivity index (χ1) is 8.93. The molecule has 0 aliphatic heterocycles. The highest BCUT2D eigenvalue weighted by molar-refractivity contribution is 6.28. The second-order valence-corrected chi connectivity index (χ2v) is 4.14. The van der Waals surface area contributed by atoms with Crippen LogP contribution in [-0.4, -0.2) is 29.7 Å². The van der Waals surface area contributed by atoms with E-state index in [9.17, 15) is 13.2 Å². The zero-order chi connectivity index (χ0) is 14.3. The minimum Gasteiger partial charge on any atom is -0.380 e. The first-order valence-electron chi connectivity index (χ1n) is 5.87. The van der Waals surface area contributed by atoms with Gasteiger partial charge < -0.3 is 10.1 Å². The van der Waals surface area contributed by atoms with E-state index in [1.165, 1.54) is 0 Å². The van der Waals surface area contributed by atoms with Gasteiger partial charge in [-0.25, -0.2) is 9.97 Å². The third kappa shape index (κ3) is 6.07. The standard InChI is InChI=1S/C11H15ClF3N3O/c1-2-3-5-19-6-4-16-9-7-8(11(13,14)15)17-10(12)18-9/h7H,2-6H2,1H3,(H,16,17,18). The quantitative estimate of drug-likeness (QED) is 0.619. The lowest BCUT2D eigenvalue weighted by Crippen LogP contribution is -2.14. The molecule has 4 nitrogen and oxygen atoms in total. The number of ether oxygens (including phenoxy) is 1. The predicted octanol–water partition coefficient (Wildman–Crippen LogP) is 3.38. The van der Waals surface area contributed by atoms with Gasteiger partial charge in [0.25, 0.3) is 0 Å². The number of nitrogens with zero attached hydrogens (tertiary/aromatic N) is 2. The van der Waals surface area contributed by atoms with Crippen LogP contribution in [0.15, 0.2) is 6.07 Å². The second kappa shape index (κ2) is 7.49. The molecule has 0 saturated heterocycles. The summed E-state index contributed by atoms with van der Waals surface area (Å²) in [6, 6.07) is 0.817. The normalized spacial score (nSPS) is 11.6. The van der Waals surface area contributed by atoms with Crippen LogP contribution in [0.2, 0.25) is 5.28 Å². The van der Waals surface area contributed by atoms with Crippen LogP contribution in [0, 0.1) is 0 Å². The predicted molar refractivity (Wildman–Crippen MR) is 66.3 cm³/mol. The maximum atomic E-state index is 12.5. The molecular weight excluding hydrogens is 283 g/mol. The fourth-order valence-electron chi connectivity index (χ4n) is 1.25. The third-order valence-electron chi connectivity index (χ3n) is 2.18. The highest BCUT2D eigenvalue weighted by atomic mass is 35.5. The van der Waals surface area contributed by atoms with Crippen LogP contribution in [0.3, 0.4) is 0 Å². The van der Waals surface area contributed by atoms with Crippen molar-refractivity contribution in [3.63, 3.8) is 0 Å². The number of anilines is 1. The number of rotatable bonds is 7. The summed E-state index contributed by atoms with van der Waals surface area (Å²) in [4.78, 5) is 6.80. The zero-order valence-corrected chi connectivity index (χ0v) is 11.2. The van der Waals surface area contributed by atoms with Gasteiger partial charge in [-0.15, -0.1) is 0 Å². The van der Waals surface area contributed by atoms with Crippen LogP contribution in [0.1, 0.15) is 25.5 Å². The summed E-state index contributed by atoms with van der Waals surface area (Å²) >= 11 is 5.44. The Morgan fingerprint density at radius 3 is 2.68 bits per heavy atom. The number of hydrogen-bond acceptors (Lipinski definition) is 4. The lowest BCUT2D eigenvalue weighted by molar-refractivity contribution is -0.141. The molecule has 0 radical (unpaired) electrons. The van der Waals surface area contributed by atoms with E-state index >= 15 is 0 Å². The Bertz CT molecular complexity index is 401. The first-order valence-corrected chi connectivity index (χ1v) is 6.24. The molecule has 1 N–H and O–H groups in total. The van der Waals surface area contributed by atoms with Gasteiger partial charge >= 0.3 is 6.18 Å². The van der Waals surface area contributed by atoms with Gasteiger partial charge in [0, 0.05) is 19.2 Å². The van der Waals surface area contributed by atoms with Crippen molar-refractivity contribution in [3.8, 4) is 0 Å². The van der Waals surface area contributed by atoms with Gasteiger partial charge in [-0.1, -0.05) is 13.3 Å². The van der Waals surface area contributed by atoms with Crippen molar-refractivity contribution in [2.45, 2.75) is 25.9 Å². The minimum atomic E-state index is -4.54. The highest BCUT2D eigenvalue weighted by Gasteiger charge is 2.33. The van der Waals surface area contributed by atoms with Crippen LogP contribution >= 0.6 is 11.6 Å². The Labute approximate surface area is 114 Å². The average molecular weight is 298 g/mol. The van der Waals surface area contributed by atoms with Crippen LogP contribution in [0.5, 0.6) is 0 Å². The summed E-state index contributed by atoms with van der Waals surface area (Å²) in [7, 11) is 0. The molecule has 1 aromatic rings. The summed E-state index contributed by atoms with van der Waals surface area (Å²) < 4.78 is 42.7. The van der Waals surface area contributed by atoms with Crippen LogP contribution in [0.25, 0.3) is 0 Å². The van der Waals surface area contributed by atoms with Crippen LogP contribution < -0.4 is 5.32 Å². The van der Waals surface area contributed by atoms with Crippen LogP contribution in [0.4, 0.5) is 19.0 Å². The Balaban J connectivity index is 2.48. The molecule has 1 aromatic heterocycles. The lowest BCUT2D eigenvalue weighted by Gasteiger charge is -2.10. The van der Waals surface area contributed by atoms with Crippen molar-refractivity contribution < 1.29 is 17.9 Å². The van der Waals surface area contributed by atoms with Gasteiger partial charge in [0.05, 0.1) is 6.61 Å². The maximum Gasteiger partial charge on any atom is 0.433 e. The molecule has 108 valence electrons. The molecule has 8 heteroatoms. The Kier molecular flexibility index (Phi) is 6.30. The van der Waals surface area contributed by atoms with Crippen LogP contribution in [-0.2, 0) is 10.9 Å². The molecular formula is C11H15ClF3N3O. The summed E-state index contributed by atoms with van der Waals surface area (Å²) in [6.07, 6.45) is -2.55. The lowest BCUT2D eigenvalue weighted by atomic mass is 10.4. The molecule has 0 aliphatic rings. The minimum absolute atomic E-state index is 0.0337. The second-order valence-electron chi connectivity index (χ2n) is 3.80. The average Bonchev–Trinajstić information content (AvgIpc) is 2.32. The Morgan fingerprint density at radius 1 is 1.32 bits per heavy atom. The number of hydrogen-bond donors (Lipinski definition) is 1. The van der Waals surface area contributed by atoms with Crippen molar-refractivity contribution in [1.82, 2.24) is 9.97 Å². The zero-order valence-electron chi connectivity index (χ0n) is 10.4.